The van der Waals surface area contributed by atoms with Gasteiger partial charge in [-0.3, -0.25) is 9.59 Å². The largest absolute Gasteiger partial charge is 0.412 e. The third kappa shape index (κ3) is 6.36. The first-order valence-corrected chi connectivity index (χ1v) is 7.54. The van der Waals surface area contributed by atoms with Crippen LogP contribution in [-0.4, -0.2) is 22.5 Å². The summed E-state index contributed by atoms with van der Waals surface area (Å²) in [4.78, 5) is 23.5. The van der Waals surface area contributed by atoms with Crippen molar-refractivity contribution >= 4 is 22.9 Å². The van der Waals surface area contributed by atoms with Crippen molar-refractivity contribution in [3.63, 3.8) is 0 Å². The second-order valence-corrected chi connectivity index (χ2v) is 5.20. The monoisotopic (exact) mass is 407 g/mol. The van der Waals surface area contributed by atoms with Gasteiger partial charge in [-0.25, -0.2) is 0 Å². The van der Waals surface area contributed by atoms with Gasteiger partial charge in [-0.05, 0) is 36.4 Å². The Hall–Kier alpha value is -2.96. The van der Waals surface area contributed by atoms with Crippen LogP contribution >= 0.6 is 0 Å². The van der Waals surface area contributed by atoms with Crippen LogP contribution in [0.15, 0.2) is 96.4 Å². The fraction of sp³-hybridized carbons (Fsp3) is 0. The summed E-state index contributed by atoms with van der Waals surface area (Å²) in [5.41, 5.74) is 2.78. The molecule has 2 aliphatic rings. The van der Waals surface area contributed by atoms with Gasteiger partial charge in [0.2, 0.25) is 0 Å². The predicted molar refractivity (Wildman–Crippen MR) is 104 cm³/mol. The molecule has 0 bridgehead atoms. The molecule has 2 aliphatic carbocycles. The summed E-state index contributed by atoms with van der Waals surface area (Å²) in [6, 6.07) is 7.57. The molecule has 7 heteroatoms. The smallest absolute Gasteiger partial charge is 0.187 e. The van der Waals surface area contributed by atoms with Crippen molar-refractivity contribution in [2.24, 2.45) is 0 Å². The molecule has 0 fully saturated rings. The van der Waals surface area contributed by atoms with Gasteiger partial charge in [0.05, 0.1) is 11.4 Å². The van der Waals surface area contributed by atoms with Gasteiger partial charge in [0, 0.05) is 40.6 Å². The number of hydrogen-bond acceptors (Lipinski definition) is 4. The maximum Gasteiger partial charge on any atom is 0.187 e. The Bertz CT molecular complexity index is 793. The van der Waals surface area contributed by atoms with Crippen molar-refractivity contribution < 1.29 is 37.6 Å². The summed E-state index contributed by atoms with van der Waals surface area (Å²) in [5, 5.41) is 6.27. The summed E-state index contributed by atoms with van der Waals surface area (Å²) in [6.07, 6.45) is 17.0. The number of allylic oxidation sites excluding steroid dienone is 10. The van der Waals surface area contributed by atoms with Crippen molar-refractivity contribution in [3.8, 4) is 0 Å². The number of para-hydroxylation sites is 2. The number of anilines is 2. The zero-order valence-electron chi connectivity index (χ0n) is 14.3. The number of carbonyl (C=O) groups is 2. The Morgan fingerprint density at radius 3 is 1.37 bits per heavy atom. The number of ketones is 2. The molecular weight excluding hydrogens is 387 g/mol. The van der Waals surface area contributed by atoms with E-state index >= 15 is 0 Å². The summed E-state index contributed by atoms with van der Waals surface area (Å²) in [7, 11) is 0. The van der Waals surface area contributed by atoms with Crippen molar-refractivity contribution in [1.29, 1.82) is 0 Å². The molecule has 0 saturated carbocycles. The molecule has 3 rings (SSSR count). The van der Waals surface area contributed by atoms with E-state index < -0.39 is 0 Å². The minimum Gasteiger partial charge on any atom is -0.412 e. The second-order valence-electron chi connectivity index (χ2n) is 5.20. The van der Waals surface area contributed by atoms with Crippen LogP contribution in [0.5, 0.6) is 0 Å². The van der Waals surface area contributed by atoms with Crippen molar-refractivity contribution in [3.05, 3.63) is 96.4 Å². The summed E-state index contributed by atoms with van der Waals surface area (Å²) >= 11 is 0. The maximum atomic E-state index is 11.7. The first kappa shape index (κ1) is 24.0. The van der Waals surface area contributed by atoms with E-state index in [4.69, 9.17) is 0 Å². The van der Waals surface area contributed by atoms with Gasteiger partial charge in [-0.2, -0.15) is 0 Å². The Morgan fingerprint density at radius 1 is 0.630 bits per heavy atom. The van der Waals surface area contributed by atoms with E-state index in [1.807, 2.05) is 36.4 Å². The van der Waals surface area contributed by atoms with Crippen molar-refractivity contribution in [2.75, 3.05) is 10.6 Å². The second kappa shape index (κ2) is 11.6. The average Bonchev–Trinajstić information content (AvgIpc) is 2.61. The van der Waals surface area contributed by atoms with E-state index in [1.165, 1.54) is 12.2 Å². The first-order chi connectivity index (χ1) is 11.7. The molecule has 0 spiro atoms. The van der Waals surface area contributed by atoms with E-state index in [2.05, 4.69) is 10.6 Å². The van der Waals surface area contributed by atoms with Crippen LogP contribution < -0.4 is 10.6 Å². The van der Waals surface area contributed by atoms with Gasteiger partial charge < -0.3 is 21.6 Å². The topological polar surface area (TPSA) is 121 Å². The Labute approximate surface area is 167 Å². The average molecular weight is 407 g/mol. The zero-order chi connectivity index (χ0) is 16.8. The summed E-state index contributed by atoms with van der Waals surface area (Å²) in [5.74, 6) is -0.0791. The maximum absolute atomic E-state index is 11.7. The molecule has 0 amide bonds. The molecular formula is C20H20MnN2O4. The SMILES string of the molecule is O.O.O=C1C=CC=C/C1=C/Nc1ccccc1N/C=C1/C=CC=CC1=O.[Mn]. The van der Waals surface area contributed by atoms with E-state index in [0.717, 1.165) is 11.4 Å². The van der Waals surface area contributed by atoms with E-state index in [0.29, 0.717) is 11.1 Å². The summed E-state index contributed by atoms with van der Waals surface area (Å²) < 4.78 is 0. The van der Waals surface area contributed by atoms with E-state index in [1.54, 1.807) is 36.7 Å². The van der Waals surface area contributed by atoms with Crippen molar-refractivity contribution in [2.45, 2.75) is 0 Å². The standard InChI is InChI=1S/C20H16N2O2.Mn.2H2O/c23-19-11-5-1-7-15(19)13-21-17-9-3-4-10-18(17)22-14-16-8-2-6-12-20(16)24;;;/h1-14,21-22H;;2*1H2/b15-13-,16-14-;;;. The summed E-state index contributed by atoms with van der Waals surface area (Å²) in [6.45, 7) is 0. The van der Waals surface area contributed by atoms with Crippen LogP contribution in [0.25, 0.3) is 0 Å². The number of nitrogens with one attached hydrogen (secondary N) is 2. The minimum atomic E-state index is -0.0396. The molecule has 0 aliphatic heterocycles. The first-order valence-electron chi connectivity index (χ1n) is 7.54. The number of rotatable bonds is 4. The number of carbonyl (C=O) groups excluding carboxylic acids is 2. The van der Waals surface area contributed by atoms with Gasteiger partial charge in [0.15, 0.2) is 11.6 Å². The number of hydrogen-bond donors (Lipinski definition) is 2. The van der Waals surface area contributed by atoms with Gasteiger partial charge in [-0.15, -0.1) is 0 Å². The molecule has 1 radical (unpaired) electrons. The third-order valence-electron chi connectivity index (χ3n) is 3.53. The third-order valence-corrected chi connectivity index (χ3v) is 3.53. The molecule has 0 unspecified atom stereocenters. The van der Waals surface area contributed by atoms with E-state index in [9.17, 15) is 9.59 Å². The van der Waals surface area contributed by atoms with Gasteiger partial charge in [-0.1, -0.05) is 36.4 Å². The van der Waals surface area contributed by atoms with Crippen LogP contribution in [0, 0.1) is 0 Å². The molecule has 27 heavy (non-hydrogen) atoms. The molecule has 0 heterocycles. The van der Waals surface area contributed by atoms with Crippen LogP contribution in [0.2, 0.25) is 0 Å². The minimum absolute atomic E-state index is 0. The van der Waals surface area contributed by atoms with Crippen LogP contribution in [0.4, 0.5) is 11.4 Å². The molecule has 0 saturated heterocycles. The number of benzene rings is 1. The Morgan fingerprint density at radius 2 is 1.00 bits per heavy atom. The molecule has 1 aromatic rings. The predicted octanol–water partition coefficient (Wildman–Crippen LogP) is 2.02. The Balaban J connectivity index is 0.00000225. The van der Waals surface area contributed by atoms with Gasteiger partial charge >= 0.3 is 0 Å². The molecule has 0 atom stereocenters. The molecule has 0 aromatic heterocycles. The van der Waals surface area contributed by atoms with Gasteiger partial charge in [0.1, 0.15) is 0 Å². The van der Waals surface area contributed by atoms with Crippen LogP contribution in [-0.2, 0) is 26.7 Å². The van der Waals surface area contributed by atoms with Crippen molar-refractivity contribution in [1.82, 2.24) is 0 Å². The van der Waals surface area contributed by atoms with Crippen LogP contribution in [0.3, 0.4) is 0 Å². The molecule has 6 N–H and O–H groups in total. The molecule has 6 nitrogen and oxygen atoms in total. The van der Waals surface area contributed by atoms with E-state index in [-0.39, 0.29) is 39.6 Å². The quantitative estimate of drug-likeness (QED) is 0.586. The van der Waals surface area contributed by atoms with Crippen LogP contribution in [0.1, 0.15) is 0 Å². The van der Waals surface area contributed by atoms with Gasteiger partial charge in [0.25, 0.3) is 0 Å². The molecule has 141 valence electrons. The zero-order valence-corrected chi connectivity index (χ0v) is 15.5. The fourth-order valence-electron chi connectivity index (χ4n) is 2.25. The Kier molecular flexibility index (Phi) is 10.3. The normalized spacial score (nSPS) is 17.2. The molecule has 1 aromatic carbocycles. The fourth-order valence-corrected chi connectivity index (χ4v) is 2.25.